The monoisotopic (exact) mass is 301 g/mol. The molecule has 0 fully saturated rings. The lowest BCUT2D eigenvalue weighted by Gasteiger charge is -2.10. The zero-order valence-electron chi connectivity index (χ0n) is 14.6. The molecular formula is C17H35NO3. The van der Waals surface area contributed by atoms with Crippen LogP contribution in [-0.4, -0.2) is 43.9 Å². The maximum Gasteiger partial charge on any atom is 0.210 e. The van der Waals surface area contributed by atoms with Crippen molar-refractivity contribution in [1.29, 1.82) is 0 Å². The molecule has 0 atom stereocenters. The lowest BCUT2D eigenvalue weighted by Crippen LogP contribution is -2.21. The third-order valence-electron chi connectivity index (χ3n) is 2.18. The van der Waals surface area contributed by atoms with Crippen molar-refractivity contribution < 1.29 is 14.3 Å². The second-order valence-electron chi connectivity index (χ2n) is 4.11. The molecule has 0 bridgehead atoms. The highest BCUT2D eigenvalue weighted by Crippen LogP contribution is 1.90. The summed E-state index contributed by atoms with van der Waals surface area (Å²) in [6.07, 6.45) is 6.74. The number of unbranched alkanes of at least 4 members (excludes halogenated alkanes) is 1. The van der Waals surface area contributed by atoms with Gasteiger partial charge in [0.15, 0.2) is 6.29 Å². The van der Waals surface area contributed by atoms with Crippen molar-refractivity contribution in [1.82, 2.24) is 4.90 Å². The number of carbonyl (C=O) groups excluding carboxylic acids is 1. The summed E-state index contributed by atoms with van der Waals surface area (Å²) in [5.74, 6) is 0. The molecule has 21 heavy (non-hydrogen) atoms. The largest absolute Gasteiger partial charge is 0.353 e. The SMILES string of the molecule is C=CCN(C=O)CC=C.CCCC.CCOC(C)OCC. The van der Waals surface area contributed by atoms with Crippen LogP contribution in [0.3, 0.4) is 0 Å². The van der Waals surface area contributed by atoms with Gasteiger partial charge in [0.05, 0.1) is 0 Å². The second-order valence-corrected chi connectivity index (χ2v) is 4.11. The first-order valence-electron chi connectivity index (χ1n) is 7.71. The number of nitrogens with zero attached hydrogens (tertiary/aromatic N) is 1. The predicted molar refractivity (Wildman–Crippen MR) is 91.3 cm³/mol. The summed E-state index contributed by atoms with van der Waals surface area (Å²) < 4.78 is 10.1. The fourth-order valence-corrected chi connectivity index (χ4v) is 1.01. The highest BCUT2D eigenvalue weighted by Gasteiger charge is 1.94. The molecular weight excluding hydrogens is 266 g/mol. The van der Waals surface area contributed by atoms with Crippen LogP contribution in [0.4, 0.5) is 0 Å². The average Bonchev–Trinajstić information content (AvgIpc) is 2.48. The summed E-state index contributed by atoms with van der Waals surface area (Å²) >= 11 is 0. The Hall–Kier alpha value is -1.13. The van der Waals surface area contributed by atoms with E-state index in [4.69, 9.17) is 9.47 Å². The Morgan fingerprint density at radius 3 is 1.52 bits per heavy atom. The molecule has 0 aromatic carbocycles. The van der Waals surface area contributed by atoms with E-state index < -0.39 is 0 Å². The molecule has 0 aliphatic carbocycles. The number of amides is 1. The molecule has 0 aliphatic heterocycles. The van der Waals surface area contributed by atoms with E-state index in [0.717, 1.165) is 19.6 Å². The summed E-state index contributed by atoms with van der Waals surface area (Å²) in [7, 11) is 0. The number of hydrogen-bond donors (Lipinski definition) is 0. The van der Waals surface area contributed by atoms with Crippen LogP contribution >= 0.6 is 0 Å². The Labute approximate surface area is 131 Å². The molecule has 0 rings (SSSR count). The molecule has 0 aromatic heterocycles. The molecule has 0 N–H and O–H groups in total. The molecule has 0 radical (unpaired) electrons. The number of carbonyl (C=O) groups is 1. The van der Waals surface area contributed by atoms with Crippen LogP contribution in [0.25, 0.3) is 0 Å². The normalized spacial score (nSPS) is 8.86. The first-order valence-corrected chi connectivity index (χ1v) is 7.71. The zero-order valence-corrected chi connectivity index (χ0v) is 14.6. The van der Waals surface area contributed by atoms with Crippen LogP contribution < -0.4 is 0 Å². The molecule has 0 spiro atoms. The Morgan fingerprint density at radius 2 is 1.33 bits per heavy atom. The fourth-order valence-electron chi connectivity index (χ4n) is 1.01. The van der Waals surface area contributed by atoms with Gasteiger partial charge >= 0.3 is 0 Å². The highest BCUT2D eigenvalue weighted by molar-refractivity contribution is 5.47. The first-order chi connectivity index (χ1) is 10.1. The summed E-state index contributed by atoms with van der Waals surface area (Å²) in [5.41, 5.74) is 0. The molecule has 0 heterocycles. The van der Waals surface area contributed by atoms with Crippen molar-refractivity contribution >= 4 is 6.41 Å². The Morgan fingerprint density at radius 1 is 0.952 bits per heavy atom. The minimum atomic E-state index is -0.0370. The van der Waals surface area contributed by atoms with Gasteiger partial charge in [-0.15, -0.1) is 13.2 Å². The Balaban J connectivity index is -0.000000249. The van der Waals surface area contributed by atoms with E-state index in [2.05, 4.69) is 27.0 Å². The van der Waals surface area contributed by atoms with Crippen molar-refractivity contribution in [3.05, 3.63) is 25.3 Å². The minimum absolute atomic E-state index is 0.0370. The van der Waals surface area contributed by atoms with Crippen LogP contribution in [0.15, 0.2) is 25.3 Å². The van der Waals surface area contributed by atoms with Crippen molar-refractivity contribution in [3.63, 3.8) is 0 Å². The van der Waals surface area contributed by atoms with Crippen molar-refractivity contribution in [2.24, 2.45) is 0 Å². The number of rotatable bonds is 10. The maximum atomic E-state index is 10.1. The van der Waals surface area contributed by atoms with Crippen molar-refractivity contribution in [3.8, 4) is 0 Å². The molecule has 0 aromatic rings. The first kappa shape index (κ1) is 24.9. The standard InChI is InChI=1S/C7H11NO.C6H14O2.C4H10/c1-3-5-8(7-9)6-4-2;1-4-7-6(3)8-5-2;1-3-4-2/h3-4,7H,1-2,5-6H2;6H,4-5H2,1-3H3;3-4H2,1-2H3. The van der Waals surface area contributed by atoms with E-state index in [1.807, 2.05) is 20.8 Å². The highest BCUT2D eigenvalue weighted by atomic mass is 16.7. The quantitative estimate of drug-likeness (QED) is 0.347. The minimum Gasteiger partial charge on any atom is -0.353 e. The van der Waals surface area contributed by atoms with E-state index in [1.54, 1.807) is 17.1 Å². The van der Waals surface area contributed by atoms with E-state index in [1.165, 1.54) is 12.8 Å². The molecule has 0 aliphatic rings. The predicted octanol–water partition coefficient (Wildman–Crippen LogP) is 4.03. The van der Waals surface area contributed by atoms with Gasteiger partial charge in [-0.3, -0.25) is 4.79 Å². The zero-order chi connectivity index (χ0) is 16.9. The van der Waals surface area contributed by atoms with Crippen molar-refractivity contribution in [2.45, 2.75) is 53.8 Å². The van der Waals surface area contributed by atoms with E-state index >= 15 is 0 Å². The van der Waals surface area contributed by atoms with Crippen LogP contribution in [0.2, 0.25) is 0 Å². The summed E-state index contributed by atoms with van der Waals surface area (Å²) in [4.78, 5) is 11.7. The Kier molecular flexibility index (Phi) is 28.3. The number of hydrogen-bond acceptors (Lipinski definition) is 3. The van der Waals surface area contributed by atoms with Gasteiger partial charge in [0.2, 0.25) is 6.41 Å². The van der Waals surface area contributed by atoms with Gasteiger partial charge in [0.25, 0.3) is 0 Å². The third kappa shape index (κ3) is 27.9. The number of ether oxygens (including phenoxy) is 2. The smallest absolute Gasteiger partial charge is 0.210 e. The van der Waals surface area contributed by atoms with Gasteiger partial charge in [-0.25, -0.2) is 0 Å². The topological polar surface area (TPSA) is 38.8 Å². The van der Waals surface area contributed by atoms with Gasteiger partial charge in [0, 0.05) is 26.3 Å². The van der Waals surface area contributed by atoms with Gasteiger partial charge in [-0.2, -0.15) is 0 Å². The van der Waals surface area contributed by atoms with E-state index in [9.17, 15) is 4.79 Å². The summed E-state index contributed by atoms with van der Waals surface area (Å²) in [6.45, 7) is 19.8. The van der Waals surface area contributed by atoms with Gasteiger partial charge in [-0.1, -0.05) is 38.8 Å². The molecule has 0 saturated heterocycles. The van der Waals surface area contributed by atoms with Crippen LogP contribution in [0, 0.1) is 0 Å². The molecule has 1 amide bonds. The maximum absolute atomic E-state index is 10.1. The third-order valence-corrected chi connectivity index (χ3v) is 2.18. The van der Waals surface area contributed by atoms with Gasteiger partial charge in [0.1, 0.15) is 0 Å². The van der Waals surface area contributed by atoms with Gasteiger partial charge in [-0.05, 0) is 20.8 Å². The average molecular weight is 301 g/mol. The van der Waals surface area contributed by atoms with Crippen molar-refractivity contribution in [2.75, 3.05) is 26.3 Å². The molecule has 0 unspecified atom stereocenters. The van der Waals surface area contributed by atoms with Crippen LogP contribution in [0.5, 0.6) is 0 Å². The summed E-state index contributed by atoms with van der Waals surface area (Å²) in [6, 6.07) is 0. The van der Waals surface area contributed by atoms with E-state index in [0.29, 0.717) is 13.1 Å². The van der Waals surface area contributed by atoms with Crippen LogP contribution in [0.1, 0.15) is 47.5 Å². The molecule has 0 saturated carbocycles. The lowest BCUT2D eigenvalue weighted by molar-refractivity contribution is -0.123. The van der Waals surface area contributed by atoms with E-state index in [-0.39, 0.29) is 6.29 Å². The van der Waals surface area contributed by atoms with Gasteiger partial charge < -0.3 is 14.4 Å². The second kappa shape index (κ2) is 23.9. The molecule has 4 nitrogen and oxygen atoms in total. The molecule has 4 heteroatoms. The summed E-state index contributed by atoms with van der Waals surface area (Å²) in [5, 5.41) is 0. The Bertz CT molecular complexity index is 202. The lowest BCUT2D eigenvalue weighted by atomic mass is 10.4. The van der Waals surface area contributed by atoms with Crippen LogP contribution in [-0.2, 0) is 14.3 Å². The molecule has 126 valence electrons. The fraction of sp³-hybridized carbons (Fsp3) is 0.706.